The van der Waals surface area contributed by atoms with Gasteiger partial charge in [0.15, 0.2) is 4.91 Å². The lowest BCUT2D eigenvalue weighted by molar-refractivity contribution is 0.292. The molecule has 1 aromatic carbocycles. The molecule has 0 radical (unpaired) electrons. The van der Waals surface area contributed by atoms with E-state index in [2.05, 4.69) is 0 Å². The number of allylic oxidation sites excluding steroid dienone is 2. The summed E-state index contributed by atoms with van der Waals surface area (Å²) in [6, 6.07) is 9.45. The Labute approximate surface area is 94.7 Å². The highest BCUT2D eigenvalue weighted by Crippen LogP contribution is 2.21. The number of benzene rings is 1. The van der Waals surface area contributed by atoms with Crippen LogP contribution in [0.15, 0.2) is 45.9 Å². The Balaban J connectivity index is 3.40. The molecule has 0 aromatic heterocycles. The van der Waals surface area contributed by atoms with E-state index < -0.39 is 9.84 Å². The van der Waals surface area contributed by atoms with Crippen LogP contribution in [0, 0.1) is 11.3 Å². The van der Waals surface area contributed by atoms with Crippen molar-refractivity contribution in [2.24, 2.45) is 0 Å². The van der Waals surface area contributed by atoms with E-state index in [-0.39, 0.29) is 15.6 Å². The molecule has 0 amide bonds. The Morgan fingerprint density at radius 2 is 1.88 bits per heavy atom. The van der Waals surface area contributed by atoms with Gasteiger partial charge in [0.05, 0.1) is 12.0 Å². The minimum absolute atomic E-state index is 0.0861. The van der Waals surface area contributed by atoms with Crippen LogP contribution in [0.5, 0.6) is 0 Å². The predicted molar refractivity (Wildman–Crippen MR) is 58.9 cm³/mol. The number of methoxy groups -OCH3 is 1. The highest BCUT2D eigenvalue weighted by Gasteiger charge is 2.23. The fraction of sp³-hybridized carbons (Fsp3) is 0.182. The first-order valence-electron chi connectivity index (χ1n) is 4.49. The van der Waals surface area contributed by atoms with Crippen LogP contribution in [-0.2, 0) is 14.6 Å². The van der Waals surface area contributed by atoms with Gasteiger partial charge >= 0.3 is 0 Å². The Morgan fingerprint density at radius 3 is 2.31 bits per heavy atom. The molecule has 0 atom stereocenters. The third kappa shape index (κ3) is 2.23. The molecule has 0 aliphatic rings. The van der Waals surface area contributed by atoms with Gasteiger partial charge < -0.3 is 4.74 Å². The zero-order valence-corrected chi connectivity index (χ0v) is 9.78. The molecule has 0 aliphatic carbocycles. The highest BCUT2D eigenvalue weighted by molar-refractivity contribution is 7.95. The van der Waals surface area contributed by atoms with Crippen LogP contribution >= 0.6 is 0 Å². The molecule has 0 unspecified atom stereocenters. The predicted octanol–water partition coefficient (Wildman–Crippen LogP) is 1.86. The van der Waals surface area contributed by atoms with Crippen molar-refractivity contribution in [3.8, 4) is 6.07 Å². The summed E-state index contributed by atoms with van der Waals surface area (Å²) >= 11 is 0. The molecule has 5 heteroatoms. The van der Waals surface area contributed by atoms with E-state index in [1.165, 1.54) is 26.2 Å². The first-order chi connectivity index (χ1) is 7.54. The molecular formula is C11H11NO3S. The number of sulfone groups is 1. The normalized spacial score (nSPS) is 12.6. The zero-order chi connectivity index (χ0) is 12.2. The van der Waals surface area contributed by atoms with Gasteiger partial charge in [-0.1, -0.05) is 18.2 Å². The molecule has 1 rings (SSSR count). The molecule has 0 N–H and O–H groups in total. The van der Waals surface area contributed by atoms with Crippen molar-refractivity contribution in [2.75, 3.05) is 7.11 Å². The molecule has 84 valence electrons. The van der Waals surface area contributed by atoms with E-state index in [1.807, 2.05) is 0 Å². The second-order valence-electron chi connectivity index (χ2n) is 3.02. The van der Waals surface area contributed by atoms with Gasteiger partial charge in [-0.05, 0) is 19.1 Å². The Bertz CT molecular complexity index is 538. The summed E-state index contributed by atoms with van der Waals surface area (Å²) in [4.78, 5) is -0.274. The second kappa shape index (κ2) is 4.81. The van der Waals surface area contributed by atoms with Crippen LogP contribution in [0.4, 0.5) is 0 Å². The topological polar surface area (TPSA) is 67.2 Å². The van der Waals surface area contributed by atoms with Crippen molar-refractivity contribution < 1.29 is 13.2 Å². The number of nitrogens with zero attached hydrogens (tertiary/aromatic N) is 1. The molecule has 0 saturated carbocycles. The monoisotopic (exact) mass is 237 g/mol. The van der Waals surface area contributed by atoms with Crippen LogP contribution in [0.2, 0.25) is 0 Å². The van der Waals surface area contributed by atoms with Gasteiger partial charge in [-0.25, -0.2) is 8.42 Å². The Kier molecular flexibility index (Phi) is 3.69. The summed E-state index contributed by atoms with van der Waals surface area (Å²) in [7, 11) is -2.44. The molecule has 16 heavy (non-hydrogen) atoms. The molecule has 1 aromatic rings. The van der Waals surface area contributed by atoms with E-state index in [0.717, 1.165) is 0 Å². The first kappa shape index (κ1) is 12.3. The van der Waals surface area contributed by atoms with Gasteiger partial charge in [-0.3, -0.25) is 0 Å². The molecule has 0 bridgehead atoms. The molecule has 0 heterocycles. The van der Waals surface area contributed by atoms with Crippen molar-refractivity contribution in [1.82, 2.24) is 0 Å². The van der Waals surface area contributed by atoms with Gasteiger partial charge in [0.2, 0.25) is 9.84 Å². The summed E-state index contributed by atoms with van der Waals surface area (Å²) in [6.45, 7) is 1.44. The second-order valence-corrected chi connectivity index (χ2v) is 4.90. The third-order valence-corrected chi connectivity index (χ3v) is 3.86. The van der Waals surface area contributed by atoms with E-state index in [0.29, 0.717) is 0 Å². The van der Waals surface area contributed by atoms with Crippen LogP contribution in [-0.4, -0.2) is 15.5 Å². The van der Waals surface area contributed by atoms with Crippen LogP contribution < -0.4 is 0 Å². The van der Waals surface area contributed by atoms with Crippen molar-refractivity contribution in [2.45, 2.75) is 11.8 Å². The van der Waals surface area contributed by atoms with E-state index >= 15 is 0 Å². The smallest absolute Gasteiger partial charge is 0.219 e. The highest BCUT2D eigenvalue weighted by atomic mass is 32.2. The minimum Gasteiger partial charge on any atom is -0.499 e. The maximum Gasteiger partial charge on any atom is 0.219 e. The average molecular weight is 237 g/mol. The summed E-state index contributed by atoms with van der Waals surface area (Å²) < 4.78 is 28.8. The van der Waals surface area contributed by atoms with E-state index in [9.17, 15) is 8.42 Å². The maximum atomic E-state index is 12.0. The fourth-order valence-electron chi connectivity index (χ4n) is 1.14. The summed E-state index contributed by atoms with van der Waals surface area (Å²) in [6.07, 6.45) is 0. The van der Waals surface area contributed by atoms with Gasteiger partial charge in [0.1, 0.15) is 11.8 Å². The van der Waals surface area contributed by atoms with Crippen LogP contribution in [0.1, 0.15) is 6.92 Å². The average Bonchev–Trinajstić information content (AvgIpc) is 2.30. The minimum atomic E-state index is -3.77. The summed E-state index contributed by atoms with van der Waals surface area (Å²) in [5.41, 5.74) is 0. The van der Waals surface area contributed by atoms with Crippen molar-refractivity contribution >= 4 is 9.84 Å². The summed E-state index contributed by atoms with van der Waals surface area (Å²) in [5, 5.41) is 8.86. The largest absolute Gasteiger partial charge is 0.499 e. The first-order valence-corrected chi connectivity index (χ1v) is 5.97. The number of rotatable bonds is 3. The molecule has 0 aliphatic heterocycles. The van der Waals surface area contributed by atoms with Crippen molar-refractivity contribution in [3.63, 3.8) is 0 Å². The molecule has 0 saturated heterocycles. The Morgan fingerprint density at radius 1 is 1.31 bits per heavy atom. The lowest BCUT2D eigenvalue weighted by atomic mass is 10.4. The maximum absolute atomic E-state index is 12.0. The summed E-state index contributed by atoms with van der Waals surface area (Å²) in [5.74, 6) is 0.0892. The fourth-order valence-corrected chi connectivity index (χ4v) is 2.47. The number of ether oxygens (including phenoxy) is 1. The zero-order valence-electron chi connectivity index (χ0n) is 8.97. The molecule has 0 fully saturated rings. The molecular weight excluding hydrogens is 226 g/mol. The molecule has 4 nitrogen and oxygen atoms in total. The van der Waals surface area contributed by atoms with Gasteiger partial charge in [-0.2, -0.15) is 5.26 Å². The van der Waals surface area contributed by atoms with Crippen molar-refractivity contribution in [1.29, 1.82) is 5.26 Å². The van der Waals surface area contributed by atoms with Crippen LogP contribution in [0.25, 0.3) is 0 Å². The number of hydrogen-bond acceptors (Lipinski definition) is 4. The lowest BCUT2D eigenvalue weighted by Crippen LogP contribution is -2.06. The lowest BCUT2D eigenvalue weighted by Gasteiger charge is -2.05. The Hall–Kier alpha value is -1.80. The quantitative estimate of drug-likeness (QED) is 0.594. The van der Waals surface area contributed by atoms with Gasteiger partial charge in [0.25, 0.3) is 0 Å². The van der Waals surface area contributed by atoms with E-state index in [1.54, 1.807) is 24.3 Å². The standard InChI is InChI=1S/C11H11NO3S/c1-9(15-2)11(8-12)16(13,14)10-6-4-3-5-7-10/h3-7H,1-2H3/b11-9-. The SMILES string of the molecule is CO/C(C)=C(/C#N)S(=O)(=O)c1ccccc1. The van der Waals surface area contributed by atoms with E-state index in [4.69, 9.17) is 10.00 Å². The van der Waals surface area contributed by atoms with Crippen LogP contribution in [0.3, 0.4) is 0 Å². The van der Waals surface area contributed by atoms with Gasteiger partial charge in [0, 0.05) is 0 Å². The van der Waals surface area contributed by atoms with Gasteiger partial charge in [-0.15, -0.1) is 0 Å². The third-order valence-electron chi connectivity index (χ3n) is 2.05. The number of nitriles is 1. The number of hydrogen-bond donors (Lipinski definition) is 0. The molecule has 0 spiro atoms. The van der Waals surface area contributed by atoms with Crippen molar-refractivity contribution in [3.05, 3.63) is 41.0 Å².